The van der Waals surface area contributed by atoms with Gasteiger partial charge in [-0.05, 0) is 24.7 Å². The van der Waals surface area contributed by atoms with Crippen molar-refractivity contribution in [2.45, 2.75) is 45.6 Å². The number of hydrogen-bond donors (Lipinski definition) is 1. The topological polar surface area (TPSA) is 37.8 Å². The van der Waals surface area contributed by atoms with Crippen molar-refractivity contribution in [1.82, 2.24) is 9.97 Å². The fourth-order valence-corrected chi connectivity index (χ4v) is 2.89. The standard InChI is InChI=1S/C13H20ClN3/c1-9(2)10-5-3-4-6-12(10)17-13-11(14)7-15-8-16-13/h7-10,12H,3-6H2,1-2H3,(H,15,16,17). The van der Waals surface area contributed by atoms with Crippen LogP contribution in [0.4, 0.5) is 5.82 Å². The third kappa shape index (κ3) is 3.09. The van der Waals surface area contributed by atoms with E-state index in [4.69, 9.17) is 11.6 Å². The molecule has 0 aromatic carbocycles. The zero-order chi connectivity index (χ0) is 12.3. The molecule has 94 valence electrons. The maximum atomic E-state index is 6.08. The van der Waals surface area contributed by atoms with E-state index in [-0.39, 0.29) is 0 Å². The Hall–Kier alpha value is -0.830. The summed E-state index contributed by atoms with van der Waals surface area (Å²) >= 11 is 6.08. The van der Waals surface area contributed by atoms with Crippen LogP contribution < -0.4 is 5.32 Å². The maximum Gasteiger partial charge on any atom is 0.148 e. The Kier molecular flexibility index (Phi) is 4.21. The number of hydrogen-bond acceptors (Lipinski definition) is 3. The molecule has 1 fully saturated rings. The highest BCUT2D eigenvalue weighted by atomic mass is 35.5. The van der Waals surface area contributed by atoms with E-state index in [0.29, 0.717) is 17.0 Å². The summed E-state index contributed by atoms with van der Waals surface area (Å²) in [6.45, 7) is 4.60. The van der Waals surface area contributed by atoms with Gasteiger partial charge in [0.05, 0.1) is 6.20 Å². The Balaban J connectivity index is 2.08. The van der Waals surface area contributed by atoms with Crippen LogP contribution >= 0.6 is 11.6 Å². The molecule has 0 radical (unpaired) electrons. The number of halogens is 1. The molecular formula is C13H20ClN3. The lowest BCUT2D eigenvalue weighted by atomic mass is 9.78. The third-order valence-corrected chi connectivity index (χ3v) is 3.94. The summed E-state index contributed by atoms with van der Waals surface area (Å²) in [6, 6.07) is 0.496. The molecule has 3 nitrogen and oxygen atoms in total. The van der Waals surface area contributed by atoms with Crippen LogP contribution in [-0.2, 0) is 0 Å². The minimum Gasteiger partial charge on any atom is -0.366 e. The van der Waals surface area contributed by atoms with Crippen LogP contribution in [0.2, 0.25) is 5.02 Å². The summed E-state index contributed by atoms with van der Waals surface area (Å²) in [5, 5.41) is 4.11. The van der Waals surface area contributed by atoms with Crippen LogP contribution in [-0.4, -0.2) is 16.0 Å². The van der Waals surface area contributed by atoms with Crippen molar-refractivity contribution in [2.75, 3.05) is 5.32 Å². The molecule has 2 rings (SSSR count). The summed E-state index contributed by atoms with van der Waals surface area (Å²) in [5.41, 5.74) is 0. The number of nitrogens with one attached hydrogen (secondary N) is 1. The van der Waals surface area contributed by atoms with E-state index in [9.17, 15) is 0 Å². The van der Waals surface area contributed by atoms with Gasteiger partial charge >= 0.3 is 0 Å². The Morgan fingerprint density at radius 2 is 2.12 bits per heavy atom. The predicted octanol–water partition coefficient (Wildman–Crippen LogP) is 3.76. The van der Waals surface area contributed by atoms with Gasteiger partial charge in [0, 0.05) is 6.04 Å². The molecule has 17 heavy (non-hydrogen) atoms. The van der Waals surface area contributed by atoms with Gasteiger partial charge in [0.15, 0.2) is 0 Å². The monoisotopic (exact) mass is 253 g/mol. The van der Waals surface area contributed by atoms with Crippen molar-refractivity contribution >= 4 is 17.4 Å². The van der Waals surface area contributed by atoms with Gasteiger partial charge in [0.25, 0.3) is 0 Å². The molecule has 1 aromatic heterocycles. The first kappa shape index (κ1) is 12.6. The van der Waals surface area contributed by atoms with Crippen LogP contribution in [0, 0.1) is 11.8 Å². The average Bonchev–Trinajstić information content (AvgIpc) is 2.32. The van der Waals surface area contributed by atoms with Crippen LogP contribution in [0.25, 0.3) is 0 Å². The van der Waals surface area contributed by atoms with Gasteiger partial charge in [-0.1, -0.05) is 38.3 Å². The largest absolute Gasteiger partial charge is 0.366 e. The predicted molar refractivity (Wildman–Crippen MR) is 71.2 cm³/mol. The van der Waals surface area contributed by atoms with Gasteiger partial charge in [-0.3, -0.25) is 0 Å². The van der Waals surface area contributed by atoms with Gasteiger partial charge in [-0.15, -0.1) is 0 Å². The molecule has 1 aliphatic rings. The number of aromatic nitrogens is 2. The van der Waals surface area contributed by atoms with E-state index >= 15 is 0 Å². The molecule has 4 heteroatoms. The summed E-state index contributed by atoms with van der Waals surface area (Å²) < 4.78 is 0. The summed E-state index contributed by atoms with van der Waals surface area (Å²) in [6.07, 6.45) is 8.34. The average molecular weight is 254 g/mol. The molecule has 1 aliphatic carbocycles. The van der Waals surface area contributed by atoms with Crippen LogP contribution in [0.1, 0.15) is 39.5 Å². The van der Waals surface area contributed by atoms with Crippen LogP contribution in [0.5, 0.6) is 0 Å². The molecule has 0 bridgehead atoms. The summed E-state index contributed by atoms with van der Waals surface area (Å²) in [5.74, 6) is 2.20. The molecule has 1 aromatic rings. The highest BCUT2D eigenvalue weighted by molar-refractivity contribution is 6.32. The van der Waals surface area contributed by atoms with E-state index in [2.05, 4.69) is 29.1 Å². The normalized spacial score (nSPS) is 24.9. The molecular weight excluding hydrogens is 234 g/mol. The second kappa shape index (κ2) is 5.67. The SMILES string of the molecule is CC(C)C1CCCCC1Nc1ncncc1Cl. The highest BCUT2D eigenvalue weighted by Gasteiger charge is 2.27. The lowest BCUT2D eigenvalue weighted by Gasteiger charge is -2.35. The van der Waals surface area contributed by atoms with Crippen molar-refractivity contribution in [3.63, 3.8) is 0 Å². The molecule has 1 saturated carbocycles. The minimum absolute atomic E-state index is 0.496. The quantitative estimate of drug-likeness (QED) is 0.891. The second-order valence-corrected chi connectivity index (χ2v) is 5.57. The van der Waals surface area contributed by atoms with E-state index in [0.717, 1.165) is 11.7 Å². The van der Waals surface area contributed by atoms with Crippen molar-refractivity contribution in [1.29, 1.82) is 0 Å². The summed E-state index contributed by atoms with van der Waals surface area (Å²) in [7, 11) is 0. The molecule has 2 unspecified atom stereocenters. The molecule has 1 heterocycles. The molecule has 2 atom stereocenters. The van der Waals surface area contributed by atoms with E-state index in [1.807, 2.05) is 0 Å². The smallest absolute Gasteiger partial charge is 0.148 e. The van der Waals surface area contributed by atoms with Crippen molar-refractivity contribution in [2.24, 2.45) is 11.8 Å². The van der Waals surface area contributed by atoms with Gasteiger partial charge in [0.2, 0.25) is 0 Å². The minimum atomic E-state index is 0.496. The number of rotatable bonds is 3. The Morgan fingerprint density at radius 1 is 1.35 bits per heavy atom. The summed E-state index contributed by atoms with van der Waals surface area (Å²) in [4.78, 5) is 8.12. The number of nitrogens with zero attached hydrogens (tertiary/aromatic N) is 2. The lowest BCUT2D eigenvalue weighted by Crippen LogP contribution is -2.35. The first-order valence-corrected chi connectivity index (χ1v) is 6.78. The fraction of sp³-hybridized carbons (Fsp3) is 0.692. The van der Waals surface area contributed by atoms with Crippen LogP contribution in [0.15, 0.2) is 12.5 Å². The third-order valence-electron chi connectivity index (χ3n) is 3.67. The highest BCUT2D eigenvalue weighted by Crippen LogP contribution is 2.32. The van der Waals surface area contributed by atoms with Crippen molar-refractivity contribution < 1.29 is 0 Å². The van der Waals surface area contributed by atoms with E-state index in [1.165, 1.54) is 25.7 Å². The zero-order valence-electron chi connectivity index (χ0n) is 10.5. The Morgan fingerprint density at radius 3 is 2.82 bits per heavy atom. The maximum absolute atomic E-state index is 6.08. The van der Waals surface area contributed by atoms with Gasteiger partial charge < -0.3 is 5.32 Å². The van der Waals surface area contributed by atoms with Gasteiger partial charge in [-0.25, -0.2) is 9.97 Å². The van der Waals surface area contributed by atoms with Gasteiger partial charge in [-0.2, -0.15) is 0 Å². The number of anilines is 1. The zero-order valence-corrected chi connectivity index (χ0v) is 11.2. The molecule has 0 saturated heterocycles. The van der Waals surface area contributed by atoms with E-state index < -0.39 is 0 Å². The van der Waals surface area contributed by atoms with E-state index in [1.54, 1.807) is 12.5 Å². The fourth-order valence-electron chi connectivity index (χ4n) is 2.73. The van der Waals surface area contributed by atoms with Crippen molar-refractivity contribution in [3.8, 4) is 0 Å². The Labute approximate surface area is 108 Å². The molecule has 0 spiro atoms. The van der Waals surface area contributed by atoms with Crippen LogP contribution in [0.3, 0.4) is 0 Å². The molecule has 1 N–H and O–H groups in total. The first-order chi connectivity index (χ1) is 8.18. The van der Waals surface area contributed by atoms with Gasteiger partial charge in [0.1, 0.15) is 17.2 Å². The first-order valence-electron chi connectivity index (χ1n) is 6.40. The lowest BCUT2D eigenvalue weighted by molar-refractivity contribution is 0.253. The molecule has 0 amide bonds. The second-order valence-electron chi connectivity index (χ2n) is 5.16. The van der Waals surface area contributed by atoms with Crippen molar-refractivity contribution in [3.05, 3.63) is 17.5 Å². The Bertz CT molecular complexity index is 367. The molecule has 0 aliphatic heterocycles.